The number of amides is 2. The maximum Gasteiger partial charge on any atom is 0.277 e. The molecule has 0 aliphatic heterocycles. The first-order valence-corrected chi connectivity index (χ1v) is 8.40. The Morgan fingerprint density at radius 2 is 1.50 bits per heavy atom. The highest BCUT2D eigenvalue weighted by Gasteiger charge is 2.14. The molecular formula is C20H17ClN2O3. The van der Waals surface area contributed by atoms with Crippen molar-refractivity contribution in [3.63, 3.8) is 0 Å². The van der Waals surface area contributed by atoms with Crippen molar-refractivity contribution in [2.24, 2.45) is 5.73 Å². The van der Waals surface area contributed by atoms with Gasteiger partial charge in [0.05, 0.1) is 6.54 Å². The third-order valence-electron chi connectivity index (χ3n) is 4.13. The minimum absolute atomic E-state index is 0.166. The molecule has 132 valence electrons. The lowest BCUT2D eigenvalue weighted by Gasteiger charge is -2.15. The van der Waals surface area contributed by atoms with Gasteiger partial charge in [0.1, 0.15) is 0 Å². The molecule has 0 radical (unpaired) electrons. The summed E-state index contributed by atoms with van der Waals surface area (Å²) >= 11 is 5.84. The predicted molar refractivity (Wildman–Crippen MR) is 100 cm³/mol. The number of carbonyl (C=O) groups is 2. The minimum Gasteiger partial charge on any atom is -0.366 e. The van der Waals surface area contributed by atoms with E-state index < -0.39 is 11.8 Å². The second kappa shape index (κ2) is 7.56. The molecule has 3 N–H and O–H groups in total. The molecule has 0 atom stereocenters. The second-order valence-electron chi connectivity index (χ2n) is 5.95. The van der Waals surface area contributed by atoms with Crippen LogP contribution in [0.1, 0.15) is 26.3 Å². The van der Waals surface area contributed by atoms with Gasteiger partial charge < -0.3 is 5.73 Å². The lowest BCUT2D eigenvalue weighted by atomic mass is 10.0. The summed E-state index contributed by atoms with van der Waals surface area (Å²) < 4.78 is 0. The van der Waals surface area contributed by atoms with Crippen LogP contribution >= 0.6 is 11.6 Å². The number of hydroxylamine groups is 2. The summed E-state index contributed by atoms with van der Waals surface area (Å²) in [5.74, 6) is -0.990. The molecule has 0 fully saturated rings. The van der Waals surface area contributed by atoms with Crippen LogP contribution in [0.2, 0.25) is 5.02 Å². The van der Waals surface area contributed by atoms with Crippen molar-refractivity contribution in [2.45, 2.75) is 6.42 Å². The number of fused-ring (bicyclic) bond motifs is 1. The van der Waals surface area contributed by atoms with E-state index in [0.29, 0.717) is 27.6 Å². The smallest absolute Gasteiger partial charge is 0.277 e. The van der Waals surface area contributed by atoms with Gasteiger partial charge in [-0.3, -0.25) is 14.8 Å². The van der Waals surface area contributed by atoms with Crippen molar-refractivity contribution in [1.29, 1.82) is 0 Å². The second-order valence-corrected chi connectivity index (χ2v) is 6.38. The van der Waals surface area contributed by atoms with Crippen LogP contribution in [-0.2, 0) is 6.42 Å². The summed E-state index contributed by atoms with van der Waals surface area (Å²) in [7, 11) is 0. The Balaban J connectivity index is 1.72. The van der Waals surface area contributed by atoms with Gasteiger partial charge in [-0.2, -0.15) is 0 Å². The minimum atomic E-state index is -0.504. The van der Waals surface area contributed by atoms with Gasteiger partial charge >= 0.3 is 0 Å². The van der Waals surface area contributed by atoms with Gasteiger partial charge in [0.15, 0.2) is 0 Å². The lowest BCUT2D eigenvalue weighted by Crippen LogP contribution is -2.29. The molecule has 26 heavy (non-hydrogen) atoms. The fraction of sp³-hybridized carbons (Fsp3) is 0.100. The van der Waals surface area contributed by atoms with Gasteiger partial charge in [0, 0.05) is 16.1 Å². The van der Waals surface area contributed by atoms with Crippen LogP contribution < -0.4 is 5.73 Å². The summed E-state index contributed by atoms with van der Waals surface area (Å²) in [4.78, 5) is 23.7. The number of primary amides is 1. The zero-order valence-electron chi connectivity index (χ0n) is 13.9. The van der Waals surface area contributed by atoms with Gasteiger partial charge in [-0.25, -0.2) is 5.06 Å². The maximum atomic E-state index is 12.4. The summed E-state index contributed by atoms with van der Waals surface area (Å²) in [6.07, 6.45) is 0.509. The van der Waals surface area contributed by atoms with Gasteiger partial charge in [0.2, 0.25) is 5.91 Å². The Morgan fingerprint density at radius 3 is 2.12 bits per heavy atom. The number of rotatable bonds is 5. The number of carbonyl (C=O) groups excluding carboxylic acids is 2. The SMILES string of the molecule is NC(=O)c1ccc2cc(C(=O)N(O)CCc3ccc(Cl)cc3)ccc2c1. The molecule has 0 unspecified atom stereocenters. The zero-order valence-corrected chi connectivity index (χ0v) is 14.6. The van der Waals surface area contributed by atoms with Crippen LogP contribution in [0.4, 0.5) is 0 Å². The zero-order chi connectivity index (χ0) is 18.7. The lowest BCUT2D eigenvalue weighted by molar-refractivity contribution is -0.0571. The first-order valence-electron chi connectivity index (χ1n) is 8.03. The molecule has 0 aliphatic rings. The highest BCUT2D eigenvalue weighted by Crippen LogP contribution is 2.19. The number of benzene rings is 3. The Labute approximate surface area is 155 Å². The molecule has 2 amide bonds. The molecule has 3 aromatic carbocycles. The van der Waals surface area contributed by atoms with Crippen LogP contribution in [0.5, 0.6) is 0 Å². The summed E-state index contributed by atoms with van der Waals surface area (Å²) in [5.41, 5.74) is 7.01. The standard InChI is InChI=1S/C20H17ClN2O3/c21-18-7-1-13(2-8-18)9-10-23(26)20(25)17-6-4-14-11-16(19(22)24)5-3-15(14)12-17/h1-8,11-12,26H,9-10H2,(H2,22,24). The van der Waals surface area contributed by atoms with Gasteiger partial charge in [-0.15, -0.1) is 0 Å². The summed E-state index contributed by atoms with van der Waals surface area (Å²) in [6.45, 7) is 0.166. The van der Waals surface area contributed by atoms with Crippen LogP contribution in [-0.4, -0.2) is 28.6 Å². The molecule has 3 aromatic rings. The normalized spacial score (nSPS) is 10.7. The van der Waals surface area contributed by atoms with Crippen LogP contribution in [0.25, 0.3) is 10.8 Å². The van der Waals surface area contributed by atoms with E-state index in [-0.39, 0.29) is 6.54 Å². The Bertz CT molecular complexity index is 970. The van der Waals surface area contributed by atoms with Gasteiger partial charge in [-0.1, -0.05) is 35.9 Å². The fourth-order valence-corrected chi connectivity index (χ4v) is 2.79. The quantitative estimate of drug-likeness (QED) is 0.532. The molecule has 6 heteroatoms. The molecule has 0 spiro atoms. The molecular weight excluding hydrogens is 352 g/mol. The first kappa shape index (κ1) is 17.9. The predicted octanol–water partition coefficient (Wildman–Crippen LogP) is 3.67. The van der Waals surface area contributed by atoms with E-state index in [1.165, 1.54) is 0 Å². The third-order valence-corrected chi connectivity index (χ3v) is 4.38. The molecule has 3 rings (SSSR count). The first-order chi connectivity index (χ1) is 12.4. The summed E-state index contributed by atoms with van der Waals surface area (Å²) in [6, 6.07) is 17.3. The molecule has 5 nitrogen and oxygen atoms in total. The van der Waals surface area contributed by atoms with E-state index in [0.717, 1.165) is 16.3 Å². The average molecular weight is 369 g/mol. The number of nitrogens with two attached hydrogens (primary N) is 1. The van der Waals surface area contributed by atoms with Gasteiger partial charge in [0.25, 0.3) is 5.91 Å². The Hall–Kier alpha value is -2.89. The van der Waals surface area contributed by atoms with Crippen molar-refractivity contribution in [3.05, 3.63) is 82.4 Å². The number of hydrogen-bond acceptors (Lipinski definition) is 3. The molecule has 0 saturated carbocycles. The molecule has 0 saturated heterocycles. The average Bonchev–Trinajstić information content (AvgIpc) is 2.65. The van der Waals surface area contributed by atoms with Crippen LogP contribution in [0.15, 0.2) is 60.7 Å². The highest BCUT2D eigenvalue weighted by molar-refractivity contribution is 6.30. The van der Waals surface area contributed by atoms with Crippen molar-refractivity contribution in [3.8, 4) is 0 Å². The largest absolute Gasteiger partial charge is 0.366 e. The van der Waals surface area contributed by atoms with E-state index in [2.05, 4.69) is 0 Å². The van der Waals surface area contributed by atoms with Crippen LogP contribution in [0, 0.1) is 0 Å². The van der Waals surface area contributed by atoms with Crippen LogP contribution in [0.3, 0.4) is 0 Å². The van der Waals surface area contributed by atoms with E-state index in [1.807, 2.05) is 12.1 Å². The molecule has 0 aromatic heterocycles. The number of nitrogens with zero attached hydrogens (tertiary/aromatic N) is 1. The van der Waals surface area contributed by atoms with Crippen molar-refractivity contribution in [2.75, 3.05) is 6.54 Å². The Morgan fingerprint density at radius 1 is 0.923 bits per heavy atom. The van der Waals surface area contributed by atoms with E-state index in [1.54, 1.807) is 48.5 Å². The van der Waals surface area contributed by atoms with Crippen molar-refractivity contribution in [1.82, 2.24) is 5.06 Å². The maximum absolute atomic E-state index is 12.4. The molecule has 0 heterocycles. The van der Waals surface area contributed by atoms with Gasteiger partial charge in [-0.05, 0) is 59.2 Å². The van der Waals surface area contributed by atoms with E-state index >= 15 is 0 Å². The highest BCUT2D eigenvalue weighted by atomic mass is 35.5. The Kier molecular flexibility index (Phi) is 5.21. The van der Waals surface area contributed by atoms with Crippen molar-refractivity contribution < 1.29 is 14.8 Å². The fourth-order valence-electron chi connectivity index (χ4n) is 2.67. The molecule has 0 bridgehead atoms. The monoisotopic (exact) mass is 368 g/mol. The van der Waals surface area contributed by atoms with E-state index in [9.17, 15) is 14.8 Å². The topological polar surface area (TPSA) is 83.6 Å². The molecule has 0 aliphatic carbocycles. The third kappa shape index (κ3) is 4.02. The number of halogens is 1. The summed E-state index contributed by atoms with van der Waals surface area (Å²) in [5, 5.41) is 13.0. The van der Waals surface area contributed by atoms with Crippen molar-refractivity contribution >= 4 is 34.2 Å². The van der Waals surface area contributed by atoms with E-state index in [4.69, 9.17) is 17.3 Å². The number of hydrogen-bond donors (Lipinski definition) is 2.